The third kappa shape index (κ3) is 2.73. The largest absolute Gasteiger partial charge is 0.334 e. The van der Waals surface area contributed by atoms with Gasteiger partial charge in [0.15, 0.2) is 4.96 Å². The normalized spacial score (nSPS) is 13.5. The van der Waals surface area contributed by atoms with E-state index in [2.05, 4.69) is 11.1 Å². The lowest BCUT2D eigenvalue weighted by molar-refractivity contribution is 0.0732. The number of thiazole rings is 1. The Bertz CT molecular complexity index is 1240. The summed E-state index contributed by atoms with van der Waals surface area (Å²) in [6.07, 6.45) is 2.22. The molecule has 2 aromatic carbocycles. The maximum Gasteiger partial charge on any atom is 0.271 e. The topological polar surface area (TPSA) is 54.7 Å². The first-order chi connectivity index (χ1) is 13.7. The minimum absolute atomic E-state index is 0.118. The van der Waals surface area contributed by atoms with Gasteiger partial charge in [0.1, 0.15) is 5.56 Å². The summed E-state index contributed by atoms with van der Waals surface area (Å²) in [6, 6.07) is 17.8. The zero-order valence-corrected chi connectivity index (χ0v) is 15.9. The van der Waals surface area contributed by atoms with Crippen LogP contribution >= 0.6 is 11.3 Å². The maximum atomic E-state index is 13.2. The van der Waals surface area contributed by atoms with Gasteiger partial charge in [0, 0.05) is 24.7 Å². The van der Waals surface area contributed by atoms with Gasteiger partial charge >= 0.3 is 0 Å². The monoisotopic (exact) mass is 387 g/mol. The third-order valence-corrected chi connectivity index (χ3v) is 6.00. The summed E-state index contributed by atoms with van der Waals surface area (Å²) in [5.74, 6) is -0.258. The molecule has 0 saturated carbocycles. The molecular weight excluding hydrogens is 370 g/mol. The van der Waals surface area contributed by atoms with Crippen molar-refractivity contribution >= 4 is 22.2 Å². The average Bonchev–Trinajstić information content (AvgIpc) is 3.19. The standard InChI is InChI=1S/C22H17N3O2S/c26-20(24-11-10-15-6-4-5-9-17(15)13-24)18-12-23-22-25(21(18)27)19(14-28-22)16-7-2-1-3-8-16/h1-9,12,14H,10-11,13H2. The second-order valence-electron chi connectivity index (χ2n) is 6.83. The number of carbonyl (C=O) groups is 1. The van der Waals surface area contributed by atoms with Crippen LogP contribution < -0.4 is 5.56 Å². The molecule has 0 bridgehead atoms. The minimum Gasteiger partial charge on any atom is -0.334 e. The Balaban J connectivity index is 1.56. The lowest BCUT2D eigenvalue weighted by Crippen LogP contribution is -2.39. The number of benzene rings is 2. The van der Waals surface area contributed by atoms with E-state index in [1.165, 1.54) is 23.1 Å². The SMILES string of the molecule is O=C(c1cnc2scc(-c3ccccc3)n2c1=O)N1CCc2ccccc2C1. The van der Waals surface area contributed by atoms with Crippen molar-refractivity contribution in [2.75, 3.05) is 6.54 Å². The van der Waals surface area contributed by atoms with E-state index in [4.69, 9.17) is 0 Å². The molecule has 0 N–H and O–H groups in total. The van der Waals surface area contributed by atoms with Gasteiger partial charge in [-0.25, -0.2) is 4.98 Å². The Morgan fingerprint density at radius 1 is 1.00 bits per heavy atom. The molecule has 0 aliphatic carbocycles. The van der Waals surface area contributed by atoms with E-state index >= 15 is 0 Å². The second-order valence-corrected chi connectivity index (χ2v) is 7.66. The summed E-state index contributed by atoms with van der Waals surface area (Å²) < 4.78 is 1.55. The number of rotatable bonds is 2. The van der Waals surface area contributed by atoms with Crippen molar-refractivity contribution in [3.63, 3.8) is 0 Å². The Kier molecular flexibility index (Phi) is 4.06. The summed E-state index contributed by atoms with van der Waals surface area (Å²) in [7, 11) is 0. The molecule has 0 spiro atoms. The molecule has 0 radical (unpaired) electrons. The molecule has 3 heterocycles. The van der Waals surface area contributed by atoms with Gasteiger partial charge in [0.2, 0.25) is 0 Å². The van der Waals surface area contributed by atoms with Crippen LogP contribution in [0.5, 0.6) is 0 Å². The first kappa shape index (κ1) is 16.9. The van der Waals surface area contributed by atoms with Crippen LogP contribution in [0.15, 0.2) is 71.0 Å². The molecule has 0 fully saturated rings. The van der Waals surface area contributed by atoms with E-state index < -0.39 is 0 Å². The lowest BCUT2D eigenvalue weighted by atomic mass is 9.99. The highest BCUT2D eigenvalue weighted by atomic mass is 32.1. The molecule has 5 rings (SSSR count). The lowest BCUT2D eigenvalue weighted by Gasteiger charge is -2.28. The van der Waals surface area contributed by atoms with Crippen molar-refractivity contribution in [2.24, 2.45) is 0 Å². The molecule has 4 aromatic rings. The maximum absolute atomic E-state index is 13.2. The van der Waals surface area contributed by atoms with Gasteiger partial charge in [-0.1, -0.05) is 54.6 Å². The summed E-state index contributed by atoms with van der Waals surface area (Å²) in [5, 5.41) is 1.91. The zero-order chi connectivity index (χ0) is 19.1. The summed E-state index contributed by atoms with van der Waals surface area (Å²) in [5.41, 5.74) is 3.89. The van der Waals surface area contributed by atoms with Crippen LogP contribution in [0.3, 0.4) is 0 Å². The fraction of sp³-hybridized carbons (Fsp3) is 0.136. The molecule has 0 unspecified atom stereocenters. The van der Waals surface area contributed by atoms with Crippen LogP contribution in [0, 0.1) is 0 Å². The quantitative estimate of drug-likeness (QED) is 0.528. The molecule has 138 valence electrons. The molecule has 1 aliphatic heterocycles. The fourth-order valence-electron chi connectivity index (χ4n) is 3.69. The van der Waals surface area contributed by atoms with E-state index in [9.17, 15) is 9.59 Å². The third-order valence-electron chi connectivity index (χ3n) is 5.16. The van der Waals surface area contributed by atoms with Gasteiger partial charge in [-0.3, -0.25) is 14.0 Å². The van der Waals surface area contributed by atoms with Crippen LogP contribution in [-0.4, -0.2) is 26.7 Å². The van der Waals surface area contributed by atoms with Gasteiger partial charge in [-0.2, -0.15) is 0 Å². The first-order valence-corrected chi connectivity index (χ1v) is 10.0. The van der Waals surface area contributed by atoms with Crippen molar-refractivity contribution in [1.29, 1.82) is 0 Å². The molecule has 5 nitrogen and oxygen atoms in total. The molecule has 1 aliphatic rings. The number of aromatic nitrogens is 2. The molecule has 6 heteroatoms. The van der Waals surface area contributed by atoms with Gasteiger partial charge < -0.3 is 4.90 Å². The smallest absolute Gasteiger partial charge is 0.271 e. The van der Waals surface area contributed by atoms with Crippen LogP contribution in [0.4, 0.5) is 0 Å². The molecule has 0 atom stereocenters. The summed E-state index contributed by atoms with van der Waals surface area (Å²) >= 11 is 1.40. The Morgan fingerprint density at radius 3 is 2.57 bits per heavy atom. The van der Waals surface area contributed by atoms with Gasteiger partial charge in [0.05, 0.1) is 5.69 Å². The molecule has 0 saturated heterocycles. The zero-order valence-electron chi connectivity index (χ0n) is 15.0. The number of carbonyl (C=O) groups excluding carboxylic acids is 1. The second kappa shape index (κ2) is 6.73. The highest BCUT2D eigenvalue weighted by molar-refractivity contribution is 7.15. The van der Waals surface area contributed by atoms with Crippen molar-refractivity contribution < 1.29 is 4.79 Å². The van der Waals surface area contributed by atoms with Gasteiger partial charge in [0.25, 0.3) is 11.5 Å². The van der Waals surface area contributed by atoms with Crippen LogP contribution in [0.25, 0.3) is 16.2 Å². The average molecular weight is 387 g/mol. The van der Waals surface area contributed by atoms with E-state index in [0.717, 1.165) is 23.2 Å². The van der Waals surface area contributed by atoms with Crippen molar-refractivity contribution in [1.82, 2.24) is 14.3 Å². The fourth-order valence-corrected chi connectivity index (χ4v) is 4.55. The first-order valence-electron chi connectivity index (χ1n) is 9.13. The number of hydrogen-bond donors (Lipinski definition) is 0. The van der Waals surface area contributed by atoms with Crippen molar-refractivity contribution in [2.45, 2.75) is 13.0 Å². The molecular formula is C22H17N3O2S. The Morgan fingerprint density at radius 2 is 1.75 bits per heavy atom. The summed E-state index contributed by atoms with van der Waals surface area (Å²) in [6.45, 7) is 1.12. The van der Waals surface area contributed by atoms with Crippen LogP contribution in [0.2, 0.25) is 0 Å². The van der Waals surface area contributed by atoms with Gasteiger partial charge in [-0.05, 0) is 23.1 Å². The Labute approximate surface area is 165 Å². The van der Waals surface area contributed by atoms with Crippen LogP contribution in [0.1, 0.15) is 21.5 Å². The van der Waals surface area contributed by atoms with E-state index in [1.54, 1.807) is 9.30 Å². The van der Waals surface area contributed by atoms with Crippen molar-refractivity contribution in [3.8, 4) is 11.3 Å². The predicted octanol–water partition coefficient (Wildman–Crippen LogP) is 3.62. The number of nitrogens with zero attached hydrogens (tertiary/aromatic N) is 3. The van der Waals surface area contributed by atoms with E-state index in [-0.39, 0.29) is 17.0 Å². The number of amides is 1. The van der Waals surface area contributed by atoms with Crippen molar-refractivity contribution in [3.05, 3.63) is 93.2 Å². The predicted molar refractivity (Wildman–Crippen MR) is 110 cm³/mol. The van der Waals surface area contributed by atoms with E-state index in [0.29, 0.717) is 18.1 Å². The number of hydrogen-bond acceptors (Lipinski definition) is 4. The minimum atomic E-state index is -0.311. The highest BCUT2D eigenvalue weighted by Crippen LogP contribution is 2.24. The Hall–Kier alpha value is -3.25. The highest BCUT2D eigenvalue weighted by Gasteiger charge is 2.25. The molecule has 1 amide bonds. The number of fused-ring (bicyclic) bond motifs is 2. The van der Waals surface area contributed by atoms with E-state index in [1.807, 2.05) is 53.9 Å². The van der Waals surface area contributed by atoms with Gasteiger partial charge in [-0.15, -0.1) is 11.3 Å². The molecule has 28 heavy (non-hydrogen) atoms. The van der Waals surface area contributed by atoms with Crippen LogP contribution in [-0.2, 0) is 13.0 Å². The summed E-state index contributed by atoms with van der Waals surface area (Å²) in [4.78, 5) is 33.0. The molecule has 2 aromatic heterocycles.